The number of rotatable bonds is 3. The fourth-order valence-electron chi connectivity index (χ4n) is 1.66. The van der Waals surface area contributed by atoms with Gasteiger partial charge < -0.3 is 0 Å². The molecule has 0 unspecified atom stereocenters. The van der Waals surface area contributed by atoms with Gasteiger partial charge in [0.05, 0.1) is 18.9 Å². The fourth-order valence-corrected chi connectivity index (χ4v) is 2.13. The largest absolute Gasteiger partial charge is 0.266 e. The van der Waals surface area contributed by atoms with Gasteiger partial charge in [0.1, 0.15) is 12.0 Å². The number of hydrogen-bond acceptors (Lipinski definition) is 4. The predicted molar refractivity (Wildman–Crippen MR) is 70.5 cm³/mol. The minimum atomic E-state index is 0.554. The normalized spacial score (nSPS) is 10.8. The van der Waals surface area contributed by atoms with Gasteiger partial charge in [-0.25, -0.2) is 0 Å². The molecule has 8 heteroatoms. The Hall–Kier alpha value is -1.92. The van der Waals surface area contributed by atoms with E-state index in [2.05, 4.69) is 20.6 Å². The van der Waals surface area contributed by atoms with Crippen LogP contribution in [-0.4, -0.2) is 30.0 Å². The summed E-state index contributed by atoms with van der Waals surface area (Å²) in [4.78, 5) is 0. The number of nitrogens with zero attached hydrogens (tertiary/aromatic N) is 6. The summed E-state index contributed by atoms with van der Waals surface area (Å²) in [5.41, 5.74) is 1.73. The first kappa shape index (κ1) is 12.1. The van der Waals surface area contributed by atoms with E-state index in [1.54, 1.807) is 23.0 Å². The van der Waals surface area contributed by atoms with E-state index in [1.807, 2.05) is 12.3 Å². The molecule has 0 spiro atoms. The molecule has 2 aromatic heterocycles. The van der Waals surface area contributed by atoms with E-state index in [-0.39, 0.29) is 0 Å². The Morgan fingerprint density at radius 1 is 1.21 bits per heavy atom. The molecule has 0 aliphatic heterocycles. The molecule has 2 heterocycles. The van der Waals surface area contributed by atoms with E-state index in [0.717, 1.165) is 11.3 Å². The zero-order chi connectivity index (χ0) is 13.2. The number of benzene rings is 1. The SMILES string of the molecule is Clc1ccc(Cn2cc(-n3cnnn3)cn2)c(Cl)c1. The molecule has 0 N–H and O–H groups in total. The topological polar surface area (TPSA) is 61.4 Å². The summed E-state index contributed by atoms with van der Waals surface area (Å²) in [5, 5.41) is 16.4. The second kappa shape index (κ2) is 4.99. The van der Waals surface area contributed by atoms with E-state index in [9.17, 15) is 0 Å². The van der Waals surface area contributed by atoms with Gasteiger partial charge in [-0.15, -0.1) is 5.10 Å². The van der Waals surface area contributed by atoms with Gasteiger partial charge in [0.25, 0.3) is 0 Å². The first-order chi connectivity index (χ1) is 9.22. The van der Waals surface area contributed by atoms with E-state index < -0.39 is 0 Å². The van der Waals surface area contributed by atoms with Crippen molar-refractivity contribution in [2.45, 2.75) is 6.54 Å². The van der Waals surface area contributed by atoms with Crippen LogP contribution in [0.25, 0.3) is 5.69 Å². The lowest BCUT2D eigenvalue weighted by Crippen LogP contribution is -2.00. The molecule has 0 saturated carbocycles. The van der Waals surface area contributed by atoms with Crippen molar-refractivity contribution in [2.24, 2.45) is 0 Å². The molecule has 0 aliphatic carbocycles. The molecule has 96 valence electrons. The van der Waals surface area contributed by atoms with Gasteiger partial charge >= 0.3 is 0 Å². The first-order valence-corrected chi connectivity index (χ1v) is 6.18. The van der Waals surface area contributed by atoms with Crippen LogP contribution >= 0.6 is 23.2 Å². The Bertz CT molecular complexity index is 691. The number of aromatic nitrogens is 6. The minimum Gasteiger partial charge on any atom is -0.266 e. The molecule has 0 bridgehead atoms. The Balaban J connectivity index is 1.84. The van der Waals surface area contributed by atoms with E-state index in [0.29, 0.717) is 16.6 Å². The zero-order valence-corrected chi connectivity index (χ0v) is 11.1. The number of halogens is 2. The lowest BCUT2D eigenvalue weighted by Gasteiger charge is -2.04. The summed E-state index contributed by atoms with van der Waals surface area (Å²) in [6, 6.07) is 5.39. The third-order valence-corrected chi connectivity index (χ3v) is 3.17. The van der Waals surface area contributed by atoms with E-state index >= 15 is 0 Å². The van der Waals surface area contributed by atoms with Crippen LogP contribution in [0.15, 0.2) is 36.9 Å². The summed E-state index contributed by atoms with van der Waals surface area (Å²) in [6.07, 6.45) is 5.03. The van der Waals surface area contributed by atoms with Crippen molar-refractivity contribution in [1.82, 2.24) is 30.0 Å². The van der Waals surface area contributed by atoms with Gasteiger partial charge in [-0.2, -0.15) is 9.78 Å². The van der Waals surface area contributed by atoms with Crippen LogP contribution in [-0.2, 0) is 6.54 Å². The number of hydrogen-bond donors (Lipinski definition) is 0. The monoisotopic (exact) mass is 294 g/mol. The standard InChI is InChI=1S/C11H8Cl2N6/c12-9-2-1-8(11(13)3-9)5-18-6-10(4-15-18)19-7-14-16-17-19/h1-4,6-7H,5H2. The third kappa shape index (κ3) is 2.59. The summed E-state index contributed by atoms with van der Waals surface area (Å²) < 4.78 is 3.29. The third-order valence-electron chi connectivity index (χ3n) is 2.58. The van der Waals surface area contributed by atoms with Gasteiger partial charge in [-0.1, -0.05) is 29.3 Å². The molecule has 0 amide bonds. The summed E-state index contributed by atoms with van der Waals surface area (Å²) in [5.74, 6) is 0. The molecule has 3 rings (SSSR count). The van der Waals surface area contributed by atoms with Gasteiger partial charge in [0, 0.05) is 10.0 Å². The highest BCUT2D eigenvalue weighted by molar-refractivity contribution is 6.35. The smallest absolute Gasteiger partial charge is 0.144 e. The second-order valence-electron chi connectivity index (χ2n) is 3.89. The molecule has 0 radical (unpaired) electrons. The zero-order valence-electron chi connectivity index (χ0n) is 9.61. The average Bonchev–Trinajstić information content (AvgIpc) is 3.03. The summed E-state index contributed by atoms with van der Waals surface area (Å²) >= 11 is 12.0. The molecular weight excluding hydrogens is 287 g/mol. The van der Waals surface area contributed by atoms with Crippen LogP contribution < -0.4 is 0 Å². The van der Waals surface area contributed by atoms with Crippen LogP contribution in [0.5, 0.6) is 0 Å². The highest BCUT2D eigenvalue weighted by atomic mass is 35.5. The van der Waals surface area contributed by atoms with Crippen molar-refractivity contribution >= 4 is 23.2 Å². The predicted octanol–water partition coefficient (Wildman–Crippen LogP) is 2.21. The highest BCUT2D eigenvalue weighted by Crippen LogP contribution is 2.21. The van der Waals surface area contributed by atoms with Crippen molar-refractivity contribution < 1.29 is 0 Å². The molecule has 0 saturated heterocycles. The molecule has 6 nitrogen and oxygen atoms in total. The summed E-state index contributed by atoms with van der Waals surface area (Å²) in [7, 11) is 0. The lowest BCUT2D eigenvalue weighted by atomic mass is 10.2. The quantitative estimate of drug-likeness (QED) is 0.743. The molecule has 19 heavy (non-hydrogen) atoms. The maximum Gasteiger partial charge on any atom is 0.144 e. The van der Waals surface area contributed by atoms with Crippen LogP contribution in [0, 0.1) is 0 Å². The Morgan fingerprint density at radius 3 is 2.84 bits per heavy atom. The first-order valence-electron chi connectivity index (χ1n) is 5.42. The van der Waals surface area contributed by atoms with Crippen LogP contribution in [0.4, 0.5) is 0 Å². The van der Waals surface area contributed by atoms with Crippen molar-refractivity contribution in [3.05, 3.63) is 52.5 Å². The van der Waals surface area contributed by atoms with Crippen molar-refractivity contribution in [1.29, 1.82) is 0 Å². The highest BCUT2D eigenvalue weighted by Gasteiger charge is 2.05. The van der Waals surface area contributed by atoms with Gasteiger partial charge in [-0.3, -0.25) is 4.68 Å². The van der Waals surface area contributed by atoms with Crippen LogP contribution in [0.3, 0.4) is 0 Å². The van der Waals surface area contributed by atoms with E-state index in [4.69, 9.17) is 23.2 Å². The molecule has 0 atom stereocenters. The molecule has 0 aliphatic rings. The molecular formula is C11H8Cl2N6. The maximum absolute atomic E-state index is 6.12. The molecule has 1 aromatic carbocycles. The Kier molecular flexibility index (Phi) is 3.18. The fraction of sp³-hybridized carbons (Fsp3) is 0.0909. The van der Waals surface area contributed by atoms with Crippen LogP contribution in [0.2, 0.25) is 10.0 Å². The van der Waals surface area contributed by atoms with Crippen LogP contribution in [0.1, 0.15) is 5.56 Å². The Morgan fingerprint density at radius 2 is 2.11 bits per heavy atom. The minimum absolute atomic E-state index is 0.554. The van der Waals surface area contributed by atoms with Crippen molar-refractivity contribution in [2.75, 3.05) is 0 Å². The van der Waals surface area contributed by atoms with Gasteiger partial charge in [0.2, 0.25) is 0 Å². The Labute approximate surface area is 118 Å². The van der Waals surface area contributed by atoms with Gasteiger partial charge in [0.15, 0.2) is 0 Å². The van der Waals surface area contributed by atoms with Crippen molar-refractivity contribution in [3.63, 3.8) is 0 Å². The second-order valence-corrected chi connectivity index (χ2v) is 4.73. The number of tetrazole rings is 1. The lowest BCUT2D eigenvalue weighted by molar-refractivity contribution is 0.685. The summed E-state index contributed by atoms with van der Waals surface area (Å²) in [6.45, 7) is 0.554. The molecule has 3 aromatic rings. The van der Waals surface area contributed by atoms with Gasteiger partial charge in [-0.05, 0) is 28.1 Å². The van der Waals surface area contributed by atoms with E-state index in [1.165, 1.54) is 11.0 Å². The molecule has 0 fully saturated rings. The average molecular weight is 295 g/mol. The maximum atomic E-state index is 6.12. The van der Waals surface area contributed by atoms with Crippen molar-refractivity contribution in [3.8, 4) is 5.69 Å².